The Labute approximate surface area is 128 Å². The Balaban J connectivity index is 2.26. The molecule has 5 nitrogen and oxygen atoms in total. The van der Waals surface area contributed by atoms with Crippen molar-refractivity contribution >= 4 is 11.8 Å². The third-order valence-electron chi connectivity index (χ3n) is 4.28. The number of rotatable bonds is 7. The molecular formula is C16H31N3O2. The molecule has 1 heterocycles. The van der Waals surface area contributed by atoms with E-state index in [2.05, 4.69) is 5.32 Å². The Morgan fingerprint density at radius 2 is 1.86 bits per heavy atom. The number of nitrogens with two attached hydrogens (primary N) is 1. The summed E-state index contributed by atoms with van der Waals surface area (Å²) in [6, 6.07) is 0.219. The largest absolute Gasteiger partial charge is 0.356 e. The molecule has 1 saturated heterocycles. The van der Waals surface area contributed by atoms with Crippen molar-refractivity contribution in [2.45, 2.75) is 58.9 Å². The molecule has 5 heteroatoms. The molecule has 0 aromatic carbocycles. The van der Waals surface area contributed by atoms with Crippen LogP contribution >= 0.6 is 0 Å². The molecule has 2 unspecified atom stereocenters. The summed E-state index contributed by atoms with van der Waals surface area (Å²) in [5.41, 5.74) is 5.74. The van der Waals surface area contributed by atoms with E-state index in [1.54, 1.807) is 6.92 Å². The normalized spacial score (nSPS) is 19.1. The zero-order valence-corrected chi connectivity index (χ0v) is 13.7. The molecule has 1 fully saturated rings. The van der Waals surface area contributed by atoms with E-state index < -0.39 is 0 Å². The van der Waals surface area contributed by atoms with Crippen LogP contribution in [0.4, 0.5) is 0 Å². The minimum atomic E-state index is 0.0243. The molecule has 0 bridgehead atoms. The minimum absolute atomic E-state index is 0.0243. The molecule has 2 atom stereocenters. The van der Waals surface area contributed by atoms with Crippen LogP contribution < -0.4 is 11.1 Å². The van der Waals surface area contributed by atoms with E-state index in [0.29, 0.717) is 5.92 Å². The Morgan fingerprint density at radius 1 is 1.24 bits per heavy atom. The third kappa shape index (κ3) is 6.93. The van der Waals surface area contributed by atoms with Gasteiger partial charge in [-0.3, -0.25) is 9.59 Å². The molecule has 3 N–H and O–H groups in total. The van der Waals surface area contributed by atoms with E-state index in [0.717, 1.165) is 51.7 Å². The number of nitrogens with one attached hydrogen (secondary N) is 1. The van der Waals surface area contributed by atoms with Gasteiger partial charge in [0.05, 0.1) is 0 Å². The Bertz CT molecular complexity index is 336. The van der Waals surface area contributed by atoms with Crippen LogP contribution in [0.1, 0.15) is 52.9 Å². The van der Waals surface area contributed by atoms with Gasteiger partial charge in [-0.1, -0.05) is 13.3 Å². The van der Waals surface area contributed by atoms with Crippen LogP contribution in [0.3, 0.4) is 0 Å². The summed E-state index contributed by atoms with van der Waals surface area (Å²) in [7, 11) is 0. The fourth-order valence-electron chi connectivity index (χ4n) is 2.83. The molecule has 0 saturated carbocycles. The average Bonchev–Trinajstić information content (AvgIpc) is 2.44. The first-order valence-corrected chi connectivity index (χ1v) is 8.19. The first-order valence-electron chi connectivity index (χ1n) is 8.19. The van der Waals surface area contributed by atoms with E-state index in [1.165, 1.54) is 0 Å². The lowest BCUT2D eigenvalue weighted by Crippen LogP contribution is -2.43. The van der Waals surface area contributed by atoms with Gasteiger partial charge in [0.2, 0.25) is 11.8 Å². The third-order valence-corrected chi connectivity index (χ3v) is 4.28. The van der Waals surface area contributed by atoms with Crippen molar-refractivity contribution in [3.8, 4) is 0 Å². The van der Waals surface area contributed by atoms with Crippen molar-refractivity contribution in [1.82, 2.24) is 10.2 Å². The maximum atomic E-state index is 12.4. The van der Waals surface area contributed by atoms with Gasteiger partial charge >= 0.3 is 0 Å². The predicted molar refractivity (Wildman–Crippen MR) is 84.7 cm³/mol. The SMILES string of the molecule is CC(=O)NCC1CCN(C(=O)C(C)CCCC(C)N)CC1. The Hall–Kier alpha value is -1.10. The van der Waals surface area contributed by atoms with Gasteiger partial charge in [0.25, 0.3) is 0 Å². The second-order valence-corrected chi connectivity index (χ2v) is 6.51. The van der Waals surface area contributed by atoms with Crippen LogP contribution in [0, 0.1) is 11.8 Å². The van der Waals surface area contributed by atoms with Crippen molar-refractivity contribution in [2.24, 2.45) is 17.6 Å². The molecule has 1 aliphatic rings. The van der Waals surface area contributed by atoms with Gasteiger partial charge in [0.15, 0.2) is 0 Å². The highest BCUT2D eigenvalue weighted by molar-refractivity contribution is 5.78. The standard InChI is InChI=1S/C16H31N3O2/c1-12(5-4-6-13(2)17)16(21)19-9-7-15(8-10-19)11-18-14(3)20/h12-13,15H,4-11,17H2,1-3H3,(H,18,20). The molecule has 0 radical (unpaired) electrons. The molecule has 1 aliphatic heterocycles. The number of piperidine rings is 1. The molecular weight excluding hydrogens is 266 g/mol. The van der Waals surface area contributed by atoms with Crippen LogP contribution in [-0.4, -0.2) is 42.4 Å². The second-order valence-electron chi connectivity index (χ2n) is 6.51. The lowest BCUT2D eigenvalue weighted by molar-refractivity contribution is -0.136. The highest BCUT2D eigenvalue weighted by atomic mass is 16.2. The molecule has 21 heavy (non-hydrogen) atoms. The zero-order valence-electron chi connectivity index (χ0n) is 13.7. The van der Waals surface area contributed by atoms with E-state index >= 15 is 0 Å². The van der Waals surface area contributed by atoms with Crippen LogP contribution in [-0.2, 0) is 9.59 Å². The van der Waals surface area contributed by atoms with E-state index in [9.17, 15) is 9.59 Å². The van der Waals surface area contributed by atoms with Gasteiger partial charge in [-0.15, -0.1) is 0 Å². The van der Waals surface area contributed by atoms with E-state index in [4.69, 9.17) is 5.73 Å². The summed E-state index contributed by atoms with van der Waals surface area (Å²) in [6.07, 6.45) is 4.89. The van der Waals surface area contributed by atoms with Crippen LogP contribution in [0.2, 0.25) is 0 Å². The molecule has 1 rings (SSSR count). The Morgan fingerprint density at radius 3 is 2.38 bits per heavy atom. The van der Waals surface area contributed by atoms with Gasteiger partial charge < -0.3 is 16.0 Å². The van der Waals surface area contributed by atoms with Crippen molar-refractivity contribution in [1.29, 1.82) is 0 Å². The molecule has 122 valence electrons. The lowest BCUT2D eigenvalue weighted by Gasteiger charge is -2.33. The lowest BCUT2D eigenvalue weighted by atomic mass is 9.94. The highest BCUT2D eigenvalue weighted by Crippen LogP contribution is 2.20. The summed E-state index contributed by atoms with van der Waals surface area (Å²) < 4.78 is 0. The first-order chi connectivity index (χ1) is 9.90. The fraction of sp³-hybridized carbons (Fsp3) is 0.875. The number of nitrogens with zero attached hydrogens (tertiary/aromatic N) is 1. The minimum Gasteiger partial charge on any atom is -0.356 e. The van der Waals surface area contributed by atoms with Crippen molar-refractivity contribution < 1.29 is 9.59 Å². The van der Waals surface area contributed by atoms with Gasteiger partial charge in [0, 0.05) is 38.5 Å². The molecule has 0 spiro atoms. The second kappa shape index (κ2) is 9.03. The Kier molecular flexibility index (Phi) is 7.72. The summed E-state index contributed by atoms with van der Waals surface area (Å²) in [5, 5.41) is 2.87. The van der Waals surface area contributed by atoms with Crippen molar-refractivity contribution in [3.63, 3.8) is 0 Å². The topological polar surface area (TPSA) is 75.4 Å². The number of likely N-dealkylation sites (tertiary alicyclic amines) is 1. The van der Waals surface area contributed by atoms with Crippen LogP contribution in [0.15, 0.2) is 0 Å². The first kappa shape index (κ1) is 18.0. The molecule has 0 aliphatic carbocycles. The number of amides is 2. The summed E-state index contributed by atoms with van der Waals surface area (Å²) in [6.45, 7) is 7.95. The van der Waals surface area contributed by atoms with Gasteiger partial charge in [-0.2, -0.15) is 0 Å². The summed E-state index contributed by atoms with van der Waals surface area (Å²) in [5.74, 6) is 0.899. The maximum absolute atomic E-state index is 12.4. The zero-order chi connectivity index (χ0) is 15.8. The van der Waals surface area contributed by atoms with Crippen LogP contribution in [0.25, 0.3) is 0 Å². The highest BCUT2D eigenvalue weighted by Gasteiger charge is 2.25. The van der Waals surface area contributed by atoms with Gasteiger partial charge in [0.1, 0.15) is 0 Å². The van der Waals surface area contributed by atoms with Crippen molar-refractivity contribution in [3.05, 3.63) is 0 Å². The predicted octanol–water partition coefficient (Wildman–Crippen LogP) is 1.51. The molecule has 0 aromatic heterocycles. The quantitative estimate of drug-likeness (QED) is 0.748. The number of hydrogen-bond acceptors (Lipinski definition) is 3. The average molecular weight is 297 g/mol. The molecule has 2 amide bonds. The van der Waals surface area contributed by atoms with Gasteiger partial charge in [-0.25, -0.2) is 0 Å². The summed E-state index contributed by atoms with van der Waals surface area (Å²) in [4.78, 5) is 25.3. The fourth-order valence-corrected chi connectivity index (χ4v) is 2.83. The maximum Gasteiger partial charge on any atom is 0.225 e. The number of hydrogen-bond donors (Lipinski definition) is 2. The van der Waals surface area contributed by atoms with Crippen LogP contribution in [0.5, 0.6) is 0 Å². The van der Waals surface area contributed by atoms with Gasteiger partial charge in [-0.05, 0) is 38.5 Å². The number of carbonyl (C=O) groups is 2. The van der Waals surface area contributed by atoms with E-state index in [1.807, 2.05) is 18.7 Å². The smallest absolute Gasteiger partial charge is 0.225 e. The monoisotopic (exact) mass is 297 g/mol. The summed E-state index contributed by atoms with van der Waals surface area (Å²) >= 11 is 0. The number of carbonyl (C=O) groups excluding carboxylic acids is 2. The van der Waals surface area contributed by atoms with Crippen molar-refractivity contribution in [2.75, 3.05) is 19.6 Å². The van der Waals surface area contributed by atoms with E-state index in [-0.39, 0.29) is 23.8 Å². The molecule has 0 aromatic rings.